The summed E-state index contributed by atoms with van der Waals surface area (Å²) in [4.78, 5) is 23.7. The third kappa shape index (κ3) is 2.51. The molecule has 1 spiro atoms. The molecule has 2 aliphatic rings. The summed E-state index contributed by atoms with van der Waals surface area (Å²) in [6.45, 7) is 2.19. The molecule has 118 valence electrons. The van der Waals surface area contributed by atoms with E-state index in [4.69, 9.17) is 9.47 Å². The number of nitrogens with zero attached hydrogens (tertiary/aromatic N) is 2. The molecule has 0 saturated carbocycles. The monoisotopic (exact) mass is 308 g/mol. The number of carbonyl (C=O) groups is 1. The Morgan fingerprint density at radius 1 is 1.27 bits per heavy atom. The maximum atomic E-state index is 11.5. The topological polar surface area (TPSA) is 102 Å². The minimum absolute atomic E-state index is 0.267. The zero-order valence-corrected chi connectivity index (χ0v) is 11.9. The molecule has 8 nitrogen and oxygen atoms in total. The molecule has 8 heteroatoms. The summed E-state index contributed by atoms with van der Waals surface area (Å²) in [5.74, 6) is -1.86. The van der Waals surface area contributed by atoms with Gasteiger partial charge < -0.3 is 19.5 Å². The maximum Gasteiger partial charge on any atom is 0.344 e. The Hall–Kier alpha value is -2.19. The van der Waals surface area contributed by atoms with Crippen molar-refractivity contribution in [1.29, 1.82) is 0 Å². The molecule has 0 aromatic heterocycles. The third-order valence-corrected chi connectivity index (χ3v) is 4.11. The second-order valence-corrected chi connectivity index (χ2v) is 5.33. The number of hydrogen-bond acceptors (Lipinski definition) is 6. The second-order valence-electron chi connectivity index (χ2n) is 5.33. The molecule has 2 aliphatic heterocycles. The molecule has 0 bridgehead atoms. The number of hydrogen-bond donors (Lipinski definition) is 1. The molecule has 2 fully saturated rings. The van der Waals surface area contributed by atoms with Crippen LogP contribution in [0.25, 0.3) is 0 Å². The van der Waals surface area contributed by atoms with Crippen molar-refractivity contribution in [1.82, 2.24) is 0 Å². The summed E-state index contributed by atoms with van der Waals surface area (Å²) in [5, 5.41) is 20.4. The van der Waals surface area contributed by atoms with E-state index in [-0.39, 0.29) is 5.56 Å². The van der Waals surface area contributed by atoms with E-state index >= 15 is 0 Å². The smallest absolute Gasteiger partial charge is 0.344 e. The van der Waals surface area contributed by atoms with Crippen LogP contribution in [0.4, 0.5) is 11.4 Å². The summed E-state index contributed by atoms with van der Waals surface area (Å²) in [7, 11) is 0. The fourth-order valence-electron chi connectivity index (χ4n) is 3.04. The minimum atomic E-state index is -1.30. The van der Waals surface area contributed by atoms with Gasteiger partial charge in [0.15, 0.2) is 11.4 Å². The van der Waals surface area contributed by atoms with Crippen molar-refractivity contribution >= 4 is 17.3 Å². The fraction of sp³-hybridized carbons (Fsp3) is 0.500. The van der Waals surface area contributed by atoms with Crippen LogP contribution in [0.15, 0.2) is 18.2 Å². The maximum absolute atomic E-state index is 11.5. The van der Waals surface area contributed by atoms with Crippen LogP contribution >= 0.6 is 0 Å². The molecule has 1 aromatic carbocycles. The third-order valence-electron chi connectivity index (χ3n) is 4.11. The molecule has 0 amide bonds. The van der Waals surface area contributed by atoms with Gasteiger partial charge in [0.25, 0.3) is 5.69 Å². The number of piperidine rings is 1. The fourth-order valence-corrected chi connectivity index (χ4v) is 3.04. The number of carboxylic acids is 1. The first-order chi connectivity index (χ1) is 10.5. The van der Waals surface area contributed by atoms with Crippen LogP contribution in [0.1, 0.15) is 23.2 Å². The Morgan fingerprint density at radius 2 is 1.91 bits per heavy atom. The van der Waals surface area contributed by atoms with E-state index in [9.17, 15) is 20.0 Å². The first-order valence-electron chi connectivity index (χ1n) is 7.06. The van der Waals surface area contributed by atoms with Gasteiger partial charge in [-0.15, -0.1) is 0 Å². The molecular formula is C14H16N2O6. The van der Waals surface area contributed by atoms with Gasteiger partial charge in [-0.25, -0.2) is 4.79 Å². The number of carboxylic acid groups (broad SMARTS) is 1. The predicted molar refractivity (Wildman–Crippen MR) is 76.1 cm³/mol. The highest BCUT2D eigenvalue weighted by atomic mass is 16.7. The van der Waals surface area contributed by atoms with Crippen molar-refractivity contribution in [3.63, 3.8) is 0 Å². The molecule has 22 heavy (non-hydrogen) atoms. The Balaban J connectivity index is 1.88. The van der Waals surface area contributed by atoms with Crippen LogP contribution in [0.2, 0.25) is 0 Å². The summed E-state index contributed by atoms with van der Waals surface area (Å²) < 4.78 is 11.3. The summed E-state index contributed by atoms with van der Waals surface area (Å²) in [6.07, 6.45) is 1.21. The number of ether oxygens (including phenoxy) is 2. The SMILES string of the molecule is O=C(O)c1c(N2CCC3(CC2)OCCO3)cccc1[N+](=O)[O-]. The van der Waals surface area contributed by atoms with E-state index in [0.717, 1.165) is 0 Å². The Morgan fingerprint density at radius 3 is 2.45 bits per heavy atom. The van der Waals surface area contributed by atoms with Gasteiger partial charge in [0.2, 0.25) is 0 Å². The van der Waals surface area contributed by atoms with E-state index in [2.05, 4.69) is 0 Å². The van der Waals surface area contributed by atoms with Crippen molar-refractivity contribution in [2.75, 3.05) is 31.2 Å². The van der Waals surface area contributed by atoms with Crippen molar-refractivity contribution in [2.24, 2.45) is 0 Å². The van der Waals surface area contributed by atoms with Crippen LogP contribution in [-0.4, -0.2) is 48.1 Å². The van der Waals surface area contributed by atoms with Gasteiger partial charge in [-0.3, -0.25) is 10.1 Å². The van der Waals surface area contributed by atoms with Gasteiger partial charge in [-0.05, 0) is 6.07 Å². The second kappa shape index (κ2) is 5.54. The van der Waals surface area contributed by atoms with Crippen LogP contribution in [0, 0.1) is 10.1 Å². The Kier molecular flexibility index (Phi) is 3.71. The Bertz CT molecular complexity index is 601. The summed E-state index contributed by atoms with van der Waals surface area (Å²) in [5.41, 5.74) is -0.287. The lowest BCUT2D eigenvalue weighted by Gasteiger charge is -2.39. The van der Waals surface area contributed by atoms with Gasteiger partial charge in [-0.1, -0.05) is 6.07 Å². The van der Waals surface area contributed by atoms with Crippen LogP contribution in [0.5, 0.6) is 0 Å². The minimum Gasteiger partial charge on any atom is -0.477 e. The quantitative estimate of drug-likeness (QED) is 0.668. The van der Waals surface area contributed by atoms with Crippen LogP contribution in [0.3, 0.4) is 0 Å². The summed E-state index contributed by atoms with van der Waals surface area (Å²) >= 11 is 0. The highest BCUT2D eigenvalue weighted by molar-refractivity contribution is 5.99. The number of nitro benzene ring substituents is 1. The van der Waals surface area contributed by atoms with E-state index in [1.165, 1.54) is 12.1 Å². The van der Waals surface area contributed by atoms with Crippen molar-refractivity contribution in [2.45, 2.75) is 18.6 Å². The molecular weight excluding hydrogens is 292 g/mol. The summed E-state index contributed by atoms with van der Waals surface area (Å²) in [6, 6.07) is 4.32. The van der Waals surface area contributed by atoms with Crippen LogP contribution in [-0.2, 0) is 9.47 Å². The van der Waals surface area contributed by atoms with Crippen molar-refractivity contribution in [3.05, 3.63) is 33.9 Å². The van der Waals surface area contributed by atoms with E-state index in [0.29, 0.717) is 44.8 Å². The first-order valence-corrected chi connectivity index (χ1v) is 7.06. The molecule has 0 unspecified atom stereocenters. The van der Waals surface area contributed by atoms with E-state index < -0.39 is 22.4 Å². The molecule has 0 atom stereocenters. The zero-order chi connectivity index (χ0) is 15.7. The number of benzene rings is 1. The normalized spacial score (nSPS) is 20.3. The average Bonchev–Trinajstić information content (AvgIpc) is 2.95. The molecule has 0 radical (unpaired) electrons. The number of anilines is 1. The zero-order valence-electron chi connectivity index (χ0n) is 11.9. The molecule has 0 aliphatic carbocycles. The standard InChI is InChI=1S/C14H16N2O6/c17-13(18)12-10(2-1-3-11(12)16(19)20)15-6-4-14(5-7-15)21-8-9-22-14/h1-3H,4-9H2,(H,17,18). The van der Waals surface area contributed by atoms with Gasteiger partial charge >= 0.3 is 5.97 Å². The number of rotatable bonds is 3. The van der Waals surface area contributed by atoms with Gasteiger partial charge in [-0.2, -0.15) is 0 Å². The molecule has 1 N–H and O–H groups in total. The average molecular weight is 308 g/mol. The molecule has 3 rings (SSSR count). The van der Waals surface area contributed by atoms with Crippen molar-refractivity contribution in [3.8, 4) is 0 Å². The lowest BCUT2D eigenvalue weighted by atomic mass is 10.0. The number of nitro groups is 1. The van der Waals surface area contributed by atoms with E-state index in [1.807, 2.05) is 4.90 Å². The lowest BCUT2D eigenvalue weighted by Crippen LogP contribution is -2.45. The highest BCUT2D eigenvalue weighted by Gasteiger charge is 2.40. The van der Waals surface area contributed by atoms with E-state index in [1.54, 1.807) is 6.07 Å². The largest absolute Gasteiger partial charge is 0.477 e. The number of aromatic carboxylic acids is 1. The lowest BCUT2D eigenvalue weighted by molar-refractivity contribution is -0.385. The first kappa shape index (κ1) is 14.7. The Labute approximate surface area is 126 Å². The highest BCUT2D eigenvalue weighted by Crippen LogP contribution is 2.36. The molecule has 2 saturated heterocycles. The van der Waals surface area contributed by atoms with Gasteiger partial charge in [0.1, 0.15) is 0 Å². The molecule has 1 aromatic rings. The predicted octanol–water partition coefficient (Wildman–Crippen LogP) is 1.64. The van der Waals surface area contributed by atoms with Crippen molar-refractivity contribution < 1.29 is 24.3 Å². The van der Waals surface area contributed by atoms with Crippen LogP contribution < -0.4 is 4.90 Å². The molecule has 2 heterocycles. The van der Waals surface area contributed by atoms with Gasteiger partial charge in [0.05, 0.1) is 23.8 Å². The van der Waals surface area contributed by atoms with Gasteiger partial charge in [0, 0.05) is 32.0 Å².